The van der Waals surface area contributed by atoms with Crippen molar-refractivity contribution in [1.82, 2.24) is 9.78 Å². The van der Waals surface area contributed by atoms with Gasteiger partial charge in [0.05, 0.1) is 5.69 Å². The summed E-state index contributed by atoms with van der Waals surface area (Å²) in [7, 11) is 0. The maximum absolute atomic E-state index is 11.0. The third-order valence-corrected chi connectivity index (χ3v) is 4.06. The number of aryl methyl sites for hydroxylation is 2. The van der Waals surface area contributed by atoms with E-state index in [-0.39, 0.29) is 0 Å². The number of nitrogens with zero attached hydrogens (tertiary/aromatic N) is 2. The number of aromatic carboxylic acids is 1. The topological polar surface area (TPSA) is 55.1 Å². The summed E-state index contributed by atoms with van der Waals surface area (Å²) in [4.78, 5) is 12.5. The molecule has 4 nitrogen and oxygen atoms in total. The van der Waals surface area contributed by atoms with E-state index in [4.69, 9.17) is 5.11 Å². The highest BCUT2D eigenvalue weighted by molar-refractivity contribution is 7.20. The molecule has 2 rings (SSSR count). The largest absolute Gasteiger partial charge is 0.477 e. The molecule has 0 aliphatic rings. The number of thiophene rings is 1. The second-order valence-electron chi connectivity index (χ2n) is 4.41. The van der Waals surface area contributed by atoms with Gasteiger partial charge in [0, 0.05) is 11.9 Å². The number of hydrogen-bond donors (Lipinski definition) is 1. The Balaban J connectivity index is 2.45. The van der Waals surface area contributed by atoms with E-state index in [1.807, 2.05) is 4.68 Å². The van der Waals surface area contributed by atoms with Gasteiger partial charge in [-0.25, -0.2) is 4.79 Å². The van der Waals surface area contributed by atoms with Crippen molar-refractivity contribution < 1.29 is 9.90 Å². The molecule has 0 saturated heterocycles. The lowest BCUT2D eigenvalue weighted by Crippen LogP contribution is -2.00. The number of carboxylic acids is 1. The van der Waals surface area contributed by atoms with E-state index in [1.54, 1.807) is 6.07 Å². The number of aromatic nitrogens is 2. The van der Waals surface area contributed by atoms with E-state index in [0.29, 0.717) is 4.88 Å². The fourth-order valence-corrected chi connectivity index (χ4v) is 3.01. The summed E-state index contributed by atoms with van der Waals surface area (Å²) >= 11 is 1.33. The minimum Gasteiger partial charge on any atom is -0.477 e. The maximum atomic E-state index is 11.0. The average molecular weight is 266 g/mol. The molecular weight excluding hydrogens is 248 g/mol. The molecule has 0 amide bonds. The van der Waals surface area contributed by atoms with Gasteiger partial charge < -0.3 is 5.11 Å². The highest BCUT2D eigenvalue weighted by atomic mass is 32.1. The van der Waals surface area contributed by atoms with E-state index in [1.165, 1.54) is 11.3 Å². The Labute approximate surface area is 110 Å². The summed E-state index contributed by atoms with van der Waals surface area (Å²) in [6, 6.07) is 1.77. The Bertz CT molecular complexity index is 557. The minimum absolute atomic E-state index is 0.407. The van der Waals surface area contributed by atoms with Crippen molar-refractivity contribution in [1.29, 1.82) is 0 Å². The Kier molecular flexibility index (Phi) is 4.01. The minimum atomic E-state index is -0.847. The molecule has 0 saturated carbocycles. The molecule has 2 aromatic rings. The lowest BCUT2D eigenvalue weighted by molar-refractivity contribution is 0.0702. The number of hydrogen-bond acceptors (Lipinski definition) is 3. The van der Waals surface area contributed by atoms with Crippen molar-refractivity contribution in [3.63, 3.8) is 0 Å². The maximum Gasteiger partial charge on any atom is 0.345 e. The fourth-order valence-electron chi connectivity index (χ4n) is 2.01. The zero-order valence-corrected chi connectivity index (χ0v) is 11.6. The summed E-state index contributed by atoms with van der Waals surface area (Å²) < 4.78 is 1.97. The van der Waals surface area contributed by atoms with E-state index in [2.05, 4.69) is 18.9 Å². The third-order valence-electron chi connectivity index (χ3n) is 2.92. The van der Waals surface area contributed by atoms with E-state index >= 15 is 0 Å². The molecule has 0 bridgehead atoms. The second-order valence-corrected chi connectivity index (χ2v) is 5.44. The van der Waals surface area contributed by atoms with Crippen LogP contribution in [0.15, 0.2) is 6.07 Å². The second kappa shape index (κ2) is 5.52. The molecular formula is C13H18N2O2S. The van der Waals surface area contributed by atoms with Crippen LogP contribution in [-0.2, 0) is 13.0 Å². The van der Waals surface area contributed by atoms with Crippen LogP contribution < -0.4 is 0 Å². The summed E-state index contributed by atoms with van der Waals surface area (Å²) in [6.07, 6.45) is 4.12. The molecule has 0 unspecified atom stereocenters. The Morgan fingerprint density at radius 3 is 2.83 bits per heavy atom. The standard InChI is InChI=1S/C13H18N2O2S/c1-3-5-7-15-12-9(10(14-15)6-4-2)8-11(18-12)13(16)17/h8H,3-7H2,1-2H3,(H,16,17). The number of unbranched alkanes of at least 4 members (excludes halogenated alkanes) is 1. The van der Waals surface area contributed by atoms with Gasteiger partial charge in [-0.2, -0.15) is 5.10 Å². The van der Waals surface area contributed by atoms with Gasteiger partial charge in [0.25, 0.3) is 0 Å². The summed E-state index contributed by atoms with van der Waals surface area (Å²) in [5, 5.41) is 14.7. The molecule has 5 heteroatoms. The van der Waals surface area contributed by atoms with Crippen molar-refractivity contribution in [3.8, 4) is 0 Å². The van der Waals surface area contributed by atoms with Gasteiger partial charge >= 0.3 is 5.97 Å². The van der Waals surface area contributed by atoms with Crippen LogP contribution in [0.5, 0.6) is 0 Å². The molecule has 0 aromatic carbocycles. The van der Waals surface area contributed by atoms with Crippen molar-refractivity contribution in [2.24, 2.45) is 0 Å². The van der Waals surface area contributed by atoms with Gasteiger partial charge in [0.2, 0.25) is 0 Å². The van der Waals surface area contributed by atoms with Crippen LogP contribution in [0, 0.1) is 0 Å². The smallest absolute Gasteiger partial charge is 0.345 e. The van der Waals surface area contributed by atoms with Gasteiger partial charge in [-0.05, 0) is 18.9 Å². The first-order valence-electron chi connectivity index (χ1n) is 6.39. The van der Waals surface area contributed by atoms with Gasteiger partial charge in [0.15, 0.2) is 0 Å². The Morgan fingerprint density at radius 2 is 2.22 bits per heavy atom. The number of carbonyl (C=O) groups is 1. The molecule has 0 aliphatic carbocycles. The van der Waals surface area contributed by atoms with Crippen molar-refractivity contribution in [2.75, 3.05) is 0 Å². The van der Waals surface area contributed by atoms with Crippen LogP contribution in [0.3, 0.4) is 0 Å². The molecule has 0 atom stereocenters. The quantitative estimate of drug-likeness (QED) is 0.870. The van der Waals surface area contributed by atoms with Gasteiger partial charge in [-0.1, -0.05) is 26.7 Å². The molecule has 0 radical (unpaired) electrons. The van der Waals surface area contributed by atoms with Crippen LogP contribution in [0.2, 0.25) is 0 Å². The van der Waals surface area contributed by atoms with Crippen molar-refractivity contribution in [3.05, 3.63) is 16.6 Å². The lowest BCUT2D eigenvalue weighted by atomic mass is 10.2. The highest BCUT2D eigenvalue weighted by Gasteiger charge is 2.16. The van der Waals surface area contributed by atoms with E-state index in [0.717, 1.165) is 48.1 Å². The monoisotopic (exact) mass is 266 g/mol. The lowest BCUT2D eigenvalue weighted by Gasteiger charge is -1.99. The molecule has 2 heterocycles. The van der Waals surface area contributed by atoms with Gasteiger partial charge in [-0.3, -0.25) is 4.68 Å². The number of carboxylic acid groups (broad SMARTS) is 1. The molecule has 0 spiro atoms. The third kappa shape index (κ3) is 2.41. The van der Waals surface area contributed by atoms with E-state index in [9.17, 15) is 4.79 Å². The highest BCUT2D eigenvalue weighted by Crippen LogP contribution is 2.29. The van der Waals surface area contributed by atoms with Crippen LogP contribution in [0.25, 0.3) is 10.2 Å². The molecule has 1 N–H and O–H groups in total. The zero-order chi connectivity index (χ0) is 13.1. The Morgan fingerprint density at radius 1 is 1.44 bits per heavy atom. The summed E-state index contributed by atoms with van der Waals surface area (Å²) in [5.41, 5.74) is 1.03. The first-order valence-corrected chi connectivity index (χ1v) is 7.21. The molecule has 98 valence electrons. The zero-order valence-electron chi connectivity index (χ0n) is 10.8. The summed E-state index contributed by atoms with van der Waals surface area (Å²) in [6.45, 7) is 5.13. The van der Waals surface area contributed by atoms with Crippen LogP contribution in [-0.4, -0.2) is 20.9 Å². The van der Waals surface area contributed by atoms with Crippen LogP contribution in [0.1, 0.15) is 48.5 Å². The predicted octanol–water partition coefficient (Wildman–Crippen LogP) is 3.55. The van der Waals surface area contributed by atoms with Crippen LogP contribution in [0.4, 0.5) is 0 Å². The average Bonchev–Trinajstić information content (AvgIpc) is 2.88. The fraction of sp³-hybridized carbons (Fsp3) is 0.538. The van der Waals surface area contributed by atoms with Crippen molar-refractivity contribution in [2.45, 2.75) is 46.1 Å². The number of fused-ring (bicyclic) bond motifs is 1. The molecule has 0 fully saturated rings. The normalized spacial score (nSPS) is 11.2. The predicted molar refractivity (Wildman–Crippen MR) is 73.5 cm³/mol. The first kappa shape index (κ1) is 13.1. The first-order chi connectivity index (χ1) is 8.67. The van der Waals surface area contributed by atoms with E-state index < -0.39 is 5.97 Å². The molecule has 2 aromatic heterocycles. The molecule has 18 heavy (non-hydrogen) atoms. The van der Waals surface area contributed by atoms with Crippen LogP contribution >= 0.6 is 11.3 Å². The van der Waals surface area contributed by atoms with Gasteiger partial charge in [0.1, 0.15) is 9.71 Å². The Hall–Kier alpha value is -1.36. The van der Waals surface area contributed by atoms with Crippen molar-refractivity contribution >= 4 is 27.5 Å². The SMILES string of the molecule is CCCCn1nc(CCC)c2cc(C(=O)O)sc21. The van der Waals surface area contributed by atoms with Gasteiger partial charge in [-0.15, -0.1) is 11.3 Å². The molecule has 0 aliphatic heterocycles. The summed E-state index contributed by atoms with van der Waals surface area (Å²) in [5.74, 6) is -0.847. The number of rotatable bonds is 6.